The molecule has 1 atom stereocenters. The van der Waals surface area contributed by atoms with Crippen molar-refractivity contribution in [3.05, 3.63) is 24.0 Å². The number of carbonyl (C=O) groups excluding carboxylic acids is 1. The highest BCUT2D eigenvalue weighted by atomic mass is 16.2. The van der Waals surface area contributed by atoms with E-state index < -0.39 is 0 Å². The van der Waals surface area contributed by atoms with Crippen LogP contribution in [0.3, 0.4) is 0 Å². The Kier molecular flexibility index (Phi) is 3.19. The van der Waals surface area contributed by atoms with Crippen molar-refractivity contribution < 1.29 is 4.79 Å². The molecule has 16 heavy (non-hydrogen) atoms. The molecule has 0 unspecified atom stereocenters. The molecular formula is C12H17N3O. The van der Waals surface area contributed by atoms with Gasteiger partial charge >= 0.3 is 0 Å². The van der Waals surface area contributed by atoms with Crippen molar-refractivity contribution in [3.8, 4) is 0 Å². The molecule has 1 N–H and O–H groups in total. The summed E-state index contributed by atoms with van der Waals surface area (Å²) in [6, 6.07) is 1.89. The van der Waals surface area contributed by atoms with Crippen LogP contribution in [0.25, 0.3) is 0 Å². The molecule has 0 bridgehead atoms. The third-order valence-corrected chi connectivity index (χ3v) is 3.06. The zero-order chi connectivity index (χ0) is 11.5. The van der Waals surface area contributed by atoms with E-state index in [2.05, 4.69) is 10.3 Å². The second kappa shape index (κ2) is 4.61. The Hall–Kier alpha value is -1.42. The van der Waals surface area contributed by atoms with Gasteiger partial charge in [-0.25, -0.2) is 0 Å². The van der Waals surface area contributed by atoms with Crippen LogP contribution in [0.15, 0.2) is 18.5 Å². The molecule has 1 aromatic heterocycles. The van der Waals surface area contributed by atoms with E-state index in [1.54, 1.807) is 17.3 Å². The number of nitrogens with one attached hydrogen (secondary N) is 1. The Morgan fingerprint density at radius 3 is 3.06 bits per heavy atom. The molecule has 2 rings (SSSR count). The standard InChI is InChI=1S/C12H17N3O/c1-9-5-7-13-8-11(9)15(2)12(16)10-4-3-6-14-10/h5,7-8,10,14H,3-4,6H2,1-2H3/t10-/m1/s1. The van der Waals surface area contributed by atoms with Crippen molar-refractivity contribution in [2.45, 2.75) is 25.8 Å². The minimum Gasteiger partial charge on any atom is -0.312 e. The molecule has 1 aliphatic heterocycles. The van der Waals surface area contributed by atoms with E-state index in [1.165, 1.54) is 0 Å². The quantitative estimate of drug-likeness (QED) is 0.810. The van der Waals surface area contributed by atoms with Crippen molar-refractivity contribution in [1.82, 2.24) is 10.3 Å². The van der Waals surface area contributed by atoms with Crippen LogP contribution in [0.1, 0.15) is 18.4 Å². The second-order valence-electron chi connectivity index (χ2n) is 4.21. The average molecular weight is 219 g/mol. The van der Waals surface area contributed by atoms with Gasteiger partial charge in [0.25, 0.3) is 0 Å². The minimum absolute atomic E-state index is 0.0235. The molecule has 1 saturated heterocycles. The topological polar surface area (TPSA) is 45.2 Å². The van der Waals surface area contributed by atoms with Crippen molar-refractivity contribution in [2.75, 3.05) is 18.5 Å². The Bertz CT molecular complexity index is 386. The molecule has 1 aliphatic rings. The SMILES string of the molecule is Cc1ccncc1N(C)C(=O)[C@H]1CCCN1. The smallest absolute Gasteiger partial charge is 0.243 e. The van der Waals surface area contributed by atoms with Crippen LogP contribution in [0.5, 0.6) is 0 Å². The number of hydrogen-bond donors (Lipinski definition) is 1. The first-order valence-corrected chi connectivity index (χ1v) is 5.61. The summed E-state index contributed by atoms with van der Waals surface area (Å²) in [6.45, 7) is 2.93. The van der Waals surface area contributed by atoms with E-state index >= 15 is 0 Å². The minimum atomic E-state index is -0.0235. The van der Waals surface area contributed by atoms with E-state index in [1.807, 2.05) is 20.0 Å². The molecule has 0 aromatic carbocycles. The lowest BCUT2D eigenvalue weighted by Gasteiger charge is -2.22. The monoisotopic (exact) mass is 219 g/mol. The van der Waals surface area contributed by atoms with Crippen LogP contribution in [-0.2, 0) is 4.79 Å². The maximum atomic E-state index is 12.1. The number of hydrogen-bond acceptors (Lipinski definition) is 3. The van der Waals surface area contributed by atoms with Gasteiger partial charge in [-0.05, 0) is 37.9 Å². The summed E-state index contributed by atoms with van der Waals surface area (Å²) in [5, 5.41) is 3.21. The number of nitrogens with zero attached hydrogens (tertiary/aromatic N) is 2. The summed E-state index contributed by atoms with van der Waals surface area (Å²) in [5.41, 5.74) is 1.96. The number of likely N-dealkylation sites (N-methyl/N-ethyl adjacent to an activating group) is 1. The lowest BCUT2D eigenvalue weighted by molar-refractivity contribution is -0.119. The molecule has 1 amide bonds. The third-order valence-electron chi connectivity index (χ3n) is 3.06. The van der Waals surface area contributed by atoms with Gasteiger partial charge < -0.3 is 10.2 Å². The molecule has 86 valence electrons. The number of rotatable bonds is 2. The fraction of sp³-hybridized carbons (Fsp3) is 0.500. The largest absolute Gasteiger partial charge is 0.312 e. The van der Waals surface area contributed by atoms with Gasteiger partial charge in [-0.2, -0.15) is 0 Å². The summed E-state index contributed by atoms with van der Waals surface area (Å²) in [7, 11) is 1.81. The van der Waals surface area contributed by atoms with Crippen molar-refractivity contribution in [1.29, 1.82) is 0 Å². The number of aromatic nitrogens is 1. The van der Waals surface area contributed by atoms with Crippen LogP contribution in [0.2, 0.25) is 0 Å². The van der Waals surface area contributed by atoms with E-state index in [4.69, 9.17) is 0 Å². The number of aryl methyl sites for hydroxylation is 1. The Balaban J connectivity index is 2.15. The van der Waals surface area contributed by atoms with Gasteiger partial charge in [0.2, 0.25) is 5.91 Å². The third kappa shape index (κ3) is 2.07. The van der Waals surface area contributed by atoms with Gasteiger partial charge in [0.05, 0.1) is 17.9 Å². The van der Waals surface area contributed by atoms with Gasteiger partial charge in [0, 0.05) is 13.2 Å². The molecule has 4 heteroatoms. The molecule has 1 aromatic rings. The fourth-order valence-electron chi connectivity index (χ4n) is 2.05. The number of pyridine rings is 1. The summed E-state index contributed by atoms with van der Waals surface area (Å²) in [5.74, 6) is 0.133. The van der Waals surface area contributed by atoms with Gasteiger partial charge in [0.1, 0.15) is 0 Å². The van der Waals surface area contributed by atoms with Crippen LogP contribution in [0, 0.1) is 6.92 Å². The van der Waals surface area contributed by atoms with E-state index in [9.17, 15) is 4.79 Å². The number of amides is 1. The predicted octanol–water partition coefficient (Wildman–Crippen LogP) is 1.10. The van der Waals surface area contributed by atoms with Crippen LogP contribution < -0.4 is 10.2 Å². The number of anilines is 1. The lowest BCUT2D eigenvalue weighted by atomic mass is 10.2. The highest BCUT2D eigenvalue weighted by Gasteiger charge is 2.26. The normalized spacial score (nSPS) is 19.8. The van der Waals surface area contributed by atoms with Gasteiger partial charge in [-0.15, -0.1) is 0 Å². The molecular weight excluding hydrogens is 202 g/mol. The highest BCUT2D eigenvalue weighted by Crippen LogP contribution is 2.18. The molecule has 4 nitrogen and oxygen atoms in total. The van der Waals surface area contributed by atoms with Gasteiger partial charge in [0.15, 0.2) is 0 Å². The second-order valence-corrected chi connectivity index (χ2v) is 4.21. The summed E-state index contributed by atoms with van der Waals surface area (Å²) in [6.07, 6.45) is 5.49. The maximum Gasteiger partial charge on any atom is 0.243 e. The molecule has 0 saturated carbocycles. The highest BCUT2D eigenvalue weighted by molar-refractivity contribution is 5.97. The Morgan fingerprint density at radius 2 is 2.44 bits per heavy atom. The zero-order valence-corrected chi connectivity index (χ0v) is 9.73. The Morgan fingerprint density at radius 1 is 1.62 bits per heavy atom. The van der Waals surface area contributed by atoms with Crippen molar-refractivity contribution in [3.63, 3.8) is 0 Å². The molecule has 0 spiro atoms. The van der Waals surface area contributed by atoms with E-state index in [-0.39, 0.29) is 11.9 Å². The molecule has 1 fully saturated rings. The summed E-state index contributed by atoms with van der Waals surface area (Å²) < 4.78 is 0. The first-order valence-electron chi connectivity index (χ1n) is 5.61. The zero-order valence-electron chi connectivity index (χ0n) is 9.73. The van der Waals surface area contributed by atoms with E-state index in [0.29, 0.717) is 0 Å². The van der Waals surface area contributed by atoms with Crippen LogP contribution >= 0.6 is 0 Å². The lowest BCUT2D eigenvalue weighted by Crippen LogP contribution is -2.41. The number of carbonyl (C=O) groups is 1. The van der Waals surface area contributed by atoms with Crippen LogP contribution in [0.4, 0.5) is 5.69 Å². The maximum absolute atomic E-state index is 12.1. The predicted molar refractivity (Wildman–Crippen MR) is 63.4 cm³/mol. The van der Waals surface area contributed by atoms with E-state index in [0.717, 1.165) is 30.6 Å². The van der Waals surface area contributed by atoms with Crippen LogP contribution in [-0.4, -0.2) is 30.5 Å². The summed E-state index contributed by atoms with van der Waals surface area (Å²) in [4.78, 5) is 17.9. The van der Waals surface area contributed by atoms with Gasteiger partial charge in [-0.1, -0.05) is 0 Å². The van der Waals surface area contributed by atoms with Crippen molar-refractivity contribution in [2.24, 2.45) is 0 Å². The molecule has 2 heterocycles. The van der Waals surface area contributed by atoms with Crippen molar-refractivity contribution >= 4 is 11.6 Å². The molecule has 0 aliphatic carbocycles. The van der Waals surface area contributed by atoms with Gasteiger partial charge in [-0.3, -0.25) is 9.78 Å². The summed E-state index contributed by atoms with van der Waals surface area (Å²) >= 11 is 0. The fourth-order valence-corrected chi connectivity index (χ4v) is 2.05. The average Bonchev–Trinajstić information content (AvgIpc) is 2.81. The first-order chi connectivity index (χ1) is 7.70. The first kappa shape index (κ1) is 11.1. The molecule has 0 radical (unpaired) electrons. The Labute approximate surface area is 95.7 Å².